The van der Waals surface area contributed by atoms with Crippen LogP contribution in [0.15, 0.2) is 24.8 Å². The summed E-state index contributed by atoms with van der Waals surface area (Å²) >= 11 is 0. The highest BCUT2D eigenvalue weighted by atomic mass is 16.2. The zero-order chi connectivity index (χ0) is 11.1. The van der Waals surface area contributed by atoms with Crippen LogP contribution in [-0.2, 0) is 9.59 Å². The molecule has 1 saturated heterocycles. The highest BCUT2D eigenvalue weighted by molar-refractivity contribution is 6.16. The van der Waals surface area contributed by atoms with Gasteiger partial charge < -0.3 is 0 Å². The Hall–Kier alpha value is -1.98. The quantitative estimate of drug-likeness (QED) is 0.486. The molecule has 0 radical (unpaired) electrons. The zero-order valence-electron chi connectivity index (χ0n) is 8.48. The number of carbonyl (C=O) groups is 2. The number of nitrogens with zero attached hydrogens (tertiary/aromatic N) is 4. The van der Waals surface area contributed by atoms with E-state index < -0.39 is 0 Å². The van der Waals surface area contributed by atoms with Gasteiger partial charge in [-0.1, -0.05) is 12.2 Å². The smallest absolute Gasteiger partial charge is 0.252 e. The molecule has 16 heavy (non-hydrogen) atoms. The number of hydrogen-bond acceptors (Lipinski definition) is 4. The van der Waals surface area contributed by atoms with Crippen LogP contribution < -0.4 is 5.01 Å². The van der Waals surface area contributed by atoms with E-state index in [-0.39, 0.29) is 23.7 Å². The molecule has 1 aliphatic heterocycles. The first-order valence-electron chi connectivity index (χ1n) is 5.17. The predicted molar refractivity (Wildman–Crippen MR) is 53.6 cm³/mol. The minimum absolute atomic E-state index is 0.154. The van der Waals surface area contributed by atoms with E-state index in [1.165, 1.54) is 17.3 Å². The Morgan fingerprint density at radius 3 is 2.00 bits per heavy atom. The summed E-state index contributed by atoms with van der Waals surface area (Å²) in [4.78, 5) is 24.1. The molecule has 0 unspecified atom stereocenters. The molecule has 2 atom stereocenters. The molecule has 2 heterocycles. The SMILES string of the molecule is O=C1[C@H]2CC=CC[C@@H]2C(=O)N1n1cnnc1. The molecular formula is C10H10N4O2. The molecule has 1 fully saturated rings. The van der Waals surface area contributed by atoms with Crippen molar-refractivity contribution in [3.05, 3.63) is 24.8 Å². The first kappa shape index (κ1) is 9.26. The molecule has 0 aromatic carbocycles. The number of aromatic nitrogens is 3. The number of allylic oxidation sites excluding steroid dienone is 2. The van der Waals surface area contributed by atoms with Gasteiger partial charge in [0.2, 0.25) is 0 Å². The van der Waals surface area contributed by atoms with Crippen LogP contribution in [0.5, 0.6) is 0 Å². The van der Waals surface area contributed by atoms with Crippen molar-refractivity contribution >= 4 is 11.8 Å². The third-order valence-corrected chi connectivity index (χ3v) is 3.12. The van der Waals surface area contributed by atoms with E-state index in [9.17, 15) is 9.59 Å². The van der Waals surface area contributed by atoms with Crippen molar-refractivity contribution in [3.8, 4) is 0 Å². The maximum absolute atomic E-state index is 12.0. The Kier molecular flexibility index (Phi) is 1.89. The van der Waals surface area contributed by atoms with Gasteiger partial charge in [-0.15, -0.1) is 10.2 Å². The lowest BCUT2D eigenvalue weighted by molar-refractivity contribution is -0.124. The fourth-order valence-corrected chi connectivity index (χ4v) is 2.31. The lowest BCUT2D eigenvalue weighted by atomic mass is 9.85. The lowest BCUT2D eigenvalue weighted by Gasteiger charge is -2.14. The summed E-state index contributed by atoms with van der Waals surface area (Å²) in [5, 5.41) is 8.35. The maximum Gasteiger partial charge on any atom is 0.252 e. The van der Waals surface area contributed by atoms with Crippen LogP contribution >= 0.6 is 0 Å². The van der Waals surface area contributed by atoms with Crippen molar-refractivity contribution < 1.29 is 9.59 Å². The average Bonchev–Trinajstić information content (AvgIpc) is 2.89. The van der Waals surface area contributed by atoms with E-state index in [0.29, 0.717) is 12.8 Å². The van der Waals surface area contributed by atoms with Gasteiger partial charge in [0.15, 0.2) is 0 Å². The van der Waals surface area contributed by atoms with E-state index in [0.717, 1.165) is 5.01 Å². The second kappa shape index (κ2) is 3.26. The van der Waals surface area contributed by atoms with E-state index in [1.54, 1.807) is 0 Å². The van der Waals surface area contributed by atoms with Gasteiger partial charge in [-0.3, -0.25) is 9.59 Å². The molecular weight excluding hydrogens is 208 g/mol. The van der Waals surface area contributed by atoms with Crippen LogP contribution in [0.1, 0.15) is 12.8 Å². The minimum Gasteiger partial charge on any atom is -0.272 e. The molecule has 0 spiro atoms. The van der Waals surface area contributed by atoms with Crippen LogP contribution in [0.25, 0.3) is 0 Å². The molecule has 1 aromatic heterocycles. The summed E-state index contributed by atoms with van der Waals surface area (Å²) in [6.45, 7) is 0. The summed E-state index contributed by atoms with van der Waals surface area (Å²) in [7, 11) is 0. The number of rotatable bonds is 1. The van der Waals surface area contributed by atoms with Gasteiger partial charge in [-0.05, 0) is 12.8 Å². The van der Waals surface area contributed by atoms with Crippen molar-refractivity contribution in [3.63, 3.8) is 0 Å². The topological polar surface area (TPSA) is 68.1 Å². The van der Waals surface area contributed by atoms with E-state index >= 15 is 0 Å². The Morgan fingerprint density at radius 2 is 1.50 bits per heavy atom. The number of amides is 2. The van der Waals surface area contributed by atoms with Crippen molar-refractivity contribution in [1.82, 2.24) is 14.9 Å². The third-order valence-electron chi connectivity index (χ3n) is 3.12. The van der Waals surface area contributed by atoms with E-state index in [1.807, 2.05) is 12.2 Å². The molecule has 0 saturated carbocycles. The number of carbonyl (C=O) groups excluding carboxylic acids is 2. The fraction of sp³-hybridized carbons (Fsp3) is 0.400. The lowest BCUT2D eigenvalue weighted by Crippen LogP contribution is -2.40. The Morgan fingerprint density at radius 1 is 1.00 bits per heavy atom. The van der Waals surface area contributed by atoms with Gasteiger partial charge in [0.05, 0.1) is 11.8 Å². The molecule has 3 rings (SSSR count). The van der Waals surface area contributed by atoms with Crippen LogP contribution in [0, 0.1) is 11.8 Å². The van der Waals surface area contributed by atoms with Crippen molar-refractivity contribution in [1.29, 1.82) is 0 Å². The summed E-state index contributed by atoms with van der Waals surface area (Å²) in [6, 6.07) is 0. The van der Waals surface area contributed by atoms with Crippen molar-refractivity contribution in [2.75, 3.05) is 5.01 Å². The standard InChI is InChI=1S/C10H10N4O2/c15-9-7-3-1-2-4-8(7)10(16)14(9)13-5-11-12-6-13/h1-2,5-8H,3-4H2/t7-,8-/m0/s1. The molecule has 6 nitrogen and oxygen atoms in total. The summed E-state index contributed by atoms with van der Waals surface area (Å²) in [6.07, 6.45) is 7.94. The number of hydrogen-bond donors (Lipinski definition) is 0. The molecule has 6 heteroatoms. The van der Waals surface area contributed by atoms with Gasteiger partial charge in [0.1, 0.15) is 12.7 Å². The average molecular weight is 218 g/mol. The third kappa shape index (κ3) is 1.13. The van der Waals surface area contributed by atoms with Crippen LogP contribution in [0.4, 0.5) is 0 Å². The van der Waals surface area contributed by atoms with Gasteiger partial charge in [-0.25, -0.2) is 4.68 Å². The second-order valence-electron chi connectivity index (χ2n) is 3.99. The van der Waals surface area contributed by atoms with Gasteiger partial charge >= 0.3 is 0 Å². The number of imide groups is 1. The summed E-state index contributed by atoms with van der Waals surface area (Å²) in [5.74, 6) is -0.724. The summed E-state index contributed by atoms with van der Waals surface area (Å²) < 4.78 is 1.35. The highest BCUT2D eigenvalue weighted by Crippen LogP contribution is 2.33. The van der Waals surface area contributed by atoms with Gasteiger partial charge in [0, 0.05) is 0 Å². The second-order valence-corrected chi connectivity index (χ2v) is 3.99. The van der Waals surface area contributed by atoms with Crippen LogP contribution in [0.3, 0.4) is 0 Å². The van der Waals surface area contributed by atoms with Gasteiger partial charge in [-0.2, -0.15) is 5.01 Å². The first-order valence-corrected chi connectivity index (χ1v) is 5.17. The molecule has 0 N–H and O–H groups in total. The molecule has 2 aliphatic rings. The van der Waals surface area contributed by atoms with Crippen molar-refractivity contribution in [2.24, 2.45) is 11.8 Å². The highest BCUT2D eigenvalue weighted by Gasteiger charge is 2.48. The predicted octanol–water partition coefficient (Wildman–Crippen LogP) is -0.135. The Labute approximate surface area is 91.5 Å². The first-order chi connectivity index (χ1) is 7.79. The maximum atomic E-state index is 12.0. The molecule has 82 valence electrons. The Bertz CT molecular complexity index is 439. The van der Waals surface area contributed by atoms with Crippen LogP contribution in [-0.4, -0.2) is 26.7 Å². The van der Waals surface area contributed by atoms with E-state index in [2.05, 4.69) is 10.2 Å². The van der Waals surface area contributed by atoms with Crippen molar-refractivity contribution in [2.45, 2.75) is 12.8 Å². The zero-order valence-corrected chi connectivity index (χ0v) is 8.48. The van der Waals surface area contributed by atoms with Crippen LogP contribution in [0.2, 0.25) is 0 Å². The molecule has 2 amide bonds. The largest absolute Gasteiger partial charge is 0.272 e. The van der Waals surface area contributed by atoms with E-state index in [4.69, 9.17) is 0 Å². The monoisotopic (exact) mass is 218 g/mol. The fourth-order valence-electron chi connectivity index (χ4n) is 2.31. The molecule has 1 aromatic rings. The Balaban J connectivity index is 1.98. The minimum atomic E-state index is -0.208. The molecule has 1 aliphatic carbocycles. The molecule has 0 bridgehead atoms. The summed E-state index contributed by atoms with van der Waals surface area (Å²) in [5.41, 5.74) is 0. The number of fused-ring (bicyclic) bond motifs is 1. The normalized spacial score (nSPS) is 28.6. The van der Waals surface area contributed by atoms with Gasteiger partial charge in [0.25, 0.3) is 11.8 Å².